The molecule has 1 saturated heterocycles. The van der Waals surface area contributed by atoms with Crippen molar-refractivity contribution in [2.24, 2.45) is 11.3 Å². The molecule has 0 aromatic heterocycles. The number of benzene rings is 1. The van der Waals surface area contributed by atoms with Gasteiger partial charge < -0.3 is 10.0 Å². The van der Waals surface area contributed by atoms with Gasteiger partial charge in [0.1, 0.15) is 5.82 Å². The van der Waals surface area contributed by atoms with Crippen LogP contribution in [0.2, 0.25) is 0 Å². The molecule has 1 aliphatic heterocycles. The molecule has 0 saturated carbocycles. The Kier molecular flexibility index (Phi) is 3.78. The normalized spacial score (nSPS) is 22.3. The third-order valence-corrected chi connectivity index (χ3v) is 4.17. The number of aliphatic carboxylic acids is 1. The molecule has 1 aromatic carbocycles. The molecule has 3 nitrogen and oxygen atoms in total. The van der Waals surface area contributed by atoms with Crippen LogP contribution in [-0.2, 0) is 4.79 Å². The first kappa shape index (κ1) is 13.8. The Morgan fingerprint density at radius 2 is 2.26 bits per heavy atom. The molecule has 1 fully saturated rings. The fraction of sp³-hybridized carbons (Fsp3) is 0.533. The lowest BCUT2D eigenvalue weighted by atomic mass is 9.72. The highest BCUT2D eigenvalue weighted by Gasteiger charge is 2.36. The minimum atomic E-state index is -0.765. The summed E-state index contributed by atoms with van der Waals surface area (Å²) in [5.41, 5.74) is 0.855. The topological polar surface area (TPSA) is 40.5 Å². The highest BCUT2D eigenvalue weighted by Crippen LogP contribution is 2.39. The number of hydrogen-bond acceptors (Lipinski definition) is 2. The van der Waals surface area contributed by atoms with Gasteiger partial charge in [0.05, 0.1) is 6.42 Å². The van der Waals surface area contributed by atoms with Gasteiger partial charge in [-0.2, -0.15) is 0 Å². The number of carboxylic acid groups (broad SMARTS) is 1. The van der Waals surface area contributed by atoms with Crippen LogP contribution in [0.4, 0.5) is 10.1 Å². The quantitative estimate of drug-likeness (QED) is 0.912. The minimum absolute atomic E-state index is 0.0161. The Morgan fingerprint density at radius 3 is 2.89 bits per heavy atom. The van der Waals surface area contributed by atoms with Crippen LogP contribution >= 0.6 is 0 Å². The highest BCUT2D eigenvalue weighted by atomic mass is 19.1. The van der Waals surface area contributed by atoms with E-state index >= 15 is 0 Å². The van der Waals surface area contributed by atoms with Gasteiger partial charge in [-0.1, -0.05) is 19.9 Å². The molecular weight excluding hydrogens is 245 g/mol. The van der Waals surface area contributed by atoms with Crippen molar-refractivity contribution in [2.75, 3.05) is 18.0 Å². The summed E-state index contributed by atoms with van der Waals surface area (Å²) < 4.78 is 13.3. The first-order chi connectivity index (χ1) is 8.88. The Balaban J connectivity index is 2.15. The molecule has 0 radical (unpaired) electrons. The van der Waals surface area contributed by atoms with Crippen molar-refractivity contribution >= 4 is 11.7 Å². The van der Waals surface area contributed by atoms with E-state index < -0.39 is 5.97 Å². The SMILES string of the molecule is CC1(C)CCN(c2cccc(F)c2)CC1CC(=O)O. The van der Waals surface area contributed by atoms with Crippen molar-refractivity contribution in [3.63, 3.8) is 0 Å². The van der Waals surface area contributed by atoms with Crippen LogP contribution in [-0.4, -0.2) is 24.2 Å². The third kappa shape index (κ3) is 3.25. The molecule has 2 rings (SSSR count). The first-order valence-electron chi connectivity index (χ1n) is 6.61. The molecule has 0 aliphatic carbocycles. The number of rotatable bonds is 3. The van der Waals surface area contributed by atoms with Gasteiger partial charge in [0.15, 0.2) is 0 Å². The molecular formula is C15H20FNO2. The van der Waals surface area contributed by atoms with Gasteiger partial charge in [0, 0.05) is 18.8 Å². The molecule has 1 N–H and O–H groups in total. The highest BCUT2D eigenvalue weighted by molar-refractivity contribution is 5.67. The largest absolute Gasteiger partial charge is 0.481 e. The molecule has 1 heterocycles. The maximum Gasteiger partial charge on any atom is 0.303 e. The van der Waals surface area contributed by atoms with Crippen molar-refractivity contribution in [3.05, 3.63) is 30.1 Å². The van der Waals surface area contributed by atoms with Crippen molar-refractivity contribution in [2.45, 2.75) is 26.7 Å². The summed E-state index contributed by atoms with van der Waals surface area (Å²) in [5, 5.41) is 9.02. The first-order valence-corrected chi connectivity index (χ1v) is 6.61. The summed E-state index contributed by atoms with van der Waals surface area (Å²) in [6.45, 7) is 5.74. The molecule has 1 atom stereocenters. The molecule has 0 spiro atoms. The Morgan fingerprint density at radius 1 is 1.53 bits per heavy atom. The zero-order chi connectivity index (χ0) is 14.0. The number of carboxylic acids is 1. The predicted molar refractivity (Wildman–Crippen MR) is 72.8 cm³/mol. The van der Waals surface area contributed by atoms with Gasteiger partial charge in [-0.3, -0.25) is 4.79 Å². The molecule has 1 unspecified atom stereocenters. The van der Waals surface area contributed by atoms with Crippen LogP contribution in [0.3, 0.4) is 0 Å². The van der Waals surface area contributed by atoms with Crippen LogP contribution in [0.1, 0.15) is 26.7 Å². The second-order valence-electron chi connectivity index (χ2n) is 5.96. The summed E-state index contributed by atoms with van der Waals surface area (Å²) in [5.74, 6) is -0.932. The molecule has 1 aliphatic rings. The van der Waals surface area contributed by atoms with Crippen molar-refractivity contribution < 1.29 is 14.3 Å². The summed E-state index contributed by atoms with van der Waals surface area (Å²) in [4.78, 5) is 13.1. The predicted octanol–water partition coefficient (Wildman–Crippen LogP) is 3.15. The van der Waals surface area contributed by atoms with Gasteiger partial charge in [0.25, 0.3) is 0 Å². The number of hydrogen-bond donors (Lipinski definition) is 1. The fourth-order valence-electron chi connectivity index (χ4n) is 2.69. The smallest absolute Gasteiger partial charge is 0.303 e. The molecule has 104 valence electrons. The molecule has 4 heteroatoms. The Labute approximate surface area is 113 Å². The average molecular weight is 265 g/mol. The van der Waals surface area contributed by atoms with Crippen molar-refractivity contribution in [1.29, 1.82) is 0 Å². The van der Waals surface area contributed by atoms with Crippen LogP contribution in [0.15, 0.2) is 24.3 Å². The van der Waals surface area contributed by atoms with Gasteiger partial charge in [0.2, 0.25) is 0 Å². The summed E-state index contributed by atoms with van der Waals surface area (Å²) in [6, 6.07) is 6.50. The lowest BCUT2D eigenvalue weighted by molar-refractivity contribution is -0.139. The number of carbonyl (C=O) groups is 1. The average Bonchev–Trinajstić information content (AvgIpc) is 2.31. The molecule has 0 amide bonds. The Bertz CT molecular complexity index is 473. The van der Waals surface area contributed by atoms with Gasteiger partial charge in [-0.05, 0) is 36.0 Å². The van der Waals surface area contributed by atoms with Crippen molar-refractivity contribution in [1.82, 2.24) is 0 Å². The minimum Gasteiger partial charge on any atom is -0.481 e. The number of halogens is 1. The van der Waals surface area contributed by atoms with Gasteiger partial charge in [-0.25, -0.2) is 4.39 Å². The van der Waals surface area contributed by atoms with Gasteiger partial charge >= 0.3 is 5.97 Å². The fourth-order valence-corrected chi connectivity index (χ4v) is 2.69. The third-order valence-electron chi connectivity index (χ3n) is 4.17. The van der Waals surface area contributed by atoms with E-state index in [1.807, 2.05) is 6.07 Å². The maximum atomic E-state index is 13.3. The number of anilines is 1. The number of nitrogens with zero attached hydrogens (tertiary/aromatic N) is 1. The van der Waals surface area contributed by atoms with E-state index in [4.69, 9.17) is 5.11 Å². The maximum absolute atomic E-state index is 13.3. The van der Waals surface area contributed by atoms with Crippen LogP contribution < -0.4 is 4.90 Å². The Hall–Kier alpha value is -1.58. The van der Waals surface area contributed by atoms with Crippen LogP contribution in [0.25, 0.3) is 0 Å². The van der Waals surface area contributed by atoms with Gasteiger partial charge in [-0.15, -0.1) is 0 Å². The van der Waals surface area contributed by atoms with Crippen LogP contribution in [0, 0.1) is 17.2 Å². The van der Waals surface area contributed by atoms with E-state index in [1.54, 1.807) is 6.07 Å². The number of piperidine rings is 1. The summed E-state index contributed by atoms with van der Waals surface area (Å²) in [6.07, 6.45) is 1.08. The summed E-state index contributed by atoms with van der Waals surface area (Å²) >= 11 is 0. The van der Waals surface area contributed by atoms with E-state index in [2.05, 4.69) is 18.7 Å². The van der Waals surface area contributed by atoms with E-state index in [0.29, 0.717) is 6.54 Å². The van der Waals surface area contributed by atoms with E-state index in [1.165, 1.54) is 12.1 Å². The second kappa shape index (κ2) is 5.19. The van der Waals surface area contributed by atoms with Crippen LogP contribution in [0.5, 0.6) is 0 Å². The summed E-state index contributed by atoms with van der Waals surface area (Å²) in [7, 11) is 0. The van der Waals surface area contributed by atoms with E-state index in [-0.39, 0.29) is 23.6 Å². The lowest BCUT2D eigenvalue weighted by Crippen LogP contribution is -2.45. The molecule has 0 bridgehead atoms. The zero-order valence-corrected chi connectivity index (χ0v) is 11.4. The lowest BCUT2D eigenvalue weighted by Gasteiger charge is -2.44. The second-order valence-corrected chi connectivity index (χ2v) is 5.96. The van der Waals surface area contributed by atoms with E-state index in [0.717, 1.165) is 18.7 Å². The van der Waals surface area contributed by atoms with Crippen molar-refractivity contribution in [3.8, 4) is 0 Å². The zero-order valence-electron chi connectivity index (χ0n) is 11.4. The monoisotopic (exact) mass is 265 g/mol. The molecule has 19 heavy (non-hydrogen) atoms. The standard InChI is InChI=1S/C15H20FNO2/c1-15(2)6-7-17(10-11(15)8-14(18)19)13-5-3-4-12(16)9-13/h3-5,9,11H,6-8,10H2,1-2H3,(H,18,19). The molecule has 1 aromatic rings. The van der Waals surface area contributed by atoms with E-state index in [9.17, 15) is 9.18 Å².